The van der Waals surface area contributed by atoms with Gasteiger partial charge in [0.15, 0.2) is 6.61 Å². The Kier molecular flexibility index (Phi) is 6.43. The number of phenolic OH excluding ortho intramolecular Hbond substituents is 1. The van der Waals surface area contributed by atoms with Crippen molar-refractivity contribution >= 4 is 57.3 Å². The number of amides is 1. The summed E-state index contributed by atoms with van der Waals surface area (Å²) in [6, 6.07) is 12.6. The molecule has 114 valence electrons. The van der Waals surface area contributed by atoms with Crippen LogP contribution in [0, 0.1) is 7.14 Å². The van der Waals surface area contributed by atoms with E-state index in [1.165, 1.54) is 6.21 Å². The number of phenols is 1. The molecular weight excluding hydrogens is 510 g/mol. The molecule has 0 aliphatic heterocycles. The number of para-hydroxylation sites is 1. The van der Waals surface area contributed by atoms with Crippen LogP contribution in [0.2, 0.25) is 0 Å². The molecule has 0 heterocycles. The zero-order valence-corrected chi connectivity index (χ0v) is 15.6. The fraction of sp³-hybridized carbons (Fsp3) is 0.0667. The van der Waals surface area contributed by atoms with Crippen LogP contribution in [0.5, 0.6) is 11.5 Å². The summed E-state index contributed by atoms with van der Waals surface area (Å²) < 4.78 is 6.76. The van der Waals surface area contributed by atoms with Crippen LogP contribution < -0.4 is 10.2 Å². The number of benzene rings is 2. The number of hydrogen-bond acceptors (Lipinski definition) is 4. The fourth-order valence-corrected chi connectivity index (χ4v) is 3.35. The molecule has 0 fully saturated rings. The lowest BCUT2D eigenvalue weighted by Crippen LogP contribution is -2.24. The summed E-state index contributed by atoms with van der Waals surface area (Å²) in [5.41, 5.74) is 3.18. The second kappa shape index (κ2) is 8.32. The average Bonchev–Trinajstić information content (AvgIpc) is 2.51. The van der Waals surface area contributed by atoms with Gasteiger partial charge in [0.05, 0.1) is 13.4 Å². The number of nitrogens with one attached hydrogen (secondary N) is 1. The maximum Gasteiger partial charge on any atom is 0.277 e. The minimum absolute atomic E-state index is 0.105. The summed E-state index contributed by atoms with van der Waals surface area (Å²) >= 11 is 4.07. The first-order valence-corrected chi connectivity index (χ1v) is 8.40. The molecule has 2 rings (SSSR count). The normalized spacial score (nSPS) is 10.6. The Balaban J connectivity index is 1.85. The van der Waals surface area contributed by atoms with Crippen LogP contribution in [0.25, 0.3) is 0 Å². The summed E-state index contributed by atoms with van der Waals surface area (Å²) in [6.07, 6.45) is 1.52. The standard InChI is InChI=1S/C15H12I2N2O3/c16-12-6-10(7-13(17)15(12)21)8-18-19-14(20)9-22-11-4-2-1-3-5-11/h1-8,21H,9H2,(H,19,20)/b18-8-. The molecule has 1 amide bonds. The molecule has 0 aliphatic rings. The van der Waals surface area contributed by atoms with E-state index in [9.17, 15) is 9.90 Å². The quantitative estimate of drug-likeness (QED) is 0.361. The molecule has 0 saturated carbocycles. The van der Waals surface area contributed by atoms with Crippen molar-refractivity contribution in [3.8, 4) is 11.5 Å². The highest BCUT2D eigenvalue weighted by atomic mass is 127. The first-order valence-electron chi connectivity index (χ1n) is 6.24. The van der Waals surface area contributed by atoms with Gasteiger partial charge in [0.2, 0.25) is 0 Å². The number of hydrazone groups is 1. The van der Waals surface area contributed by atoms with Gasteiger partial charge in [-0.15, -0.1) is 0 Å². The first kappa shape index (κ1) is 17.0. The number of carbonyl (C=O) groups is 1. The lowest BCUT2D eigenvalue weighted by Gasteiger charge is -2.04. The maximum atomic E-state index is 11.6. The van der Waals surface area contributed by atoms with Crippen molar-refractivity contribution in [3.63, 3.8) is 0 Å². The van der Waals surface area contributed by atoms with E-state index in [0.717, 1.165) is 12.7 Å². The molecule has 0 saturated heterocycles. The van der Waals surface area contributed by atoms with Crippen LogP contribution in [0.15, 0.2) is 47.6 Å². The molecule has 0 aliphatic carbocycles. The summed E-state index contributed by atoms with van der Waals surface area (Å²) in [4.78, 5) is 11.6. The number of hydrogen-bond donors (Lipinski definition) is 2. The van der Waals surface area contributed by atoms with Crippen LogP contribution in [0.4, 0.5) is 0 Å². The Bertz CT molecular complexity index is 667. The Morgan fingerprint density at radius 2 is 1.86 bits per heavy atom. The number of ether oxygens (including phenoxy) is 1. The summed E-state index contributed by atoms with van der Waals surface area (Å²) in [7, 11) is 0. The van der Waals surface area contributed by atoms with Crippen molar-refractivity contribution in [1.29, 1.82) is 0 Å². The molecule has 0 aromatic heterocycles. The molecular formula is C15H12I2N2O3. The molecule has 22 heavy (non-hydrogen) atoms. The third-order valence-electron chi connectivity index (χ3n) is 2.56. The van der Waals surface area contributed by atoms with Crippen LogP contribution in [-0.4, -0.2) is 23.8 Å². The molecule has 0 atom stereocenters. The van der Waals surface area contributed by atoms with Gasteiger partial charge >= 0.3 is 0 Å². The van der Waals surface area contributed by atoms with E-state index < -0.39 is 0 Å². The zero-order valence-electron chi connectivity index (χ0n) is 11.3. The Labute approximate surface area is 155 Å². The smallest absolute Gasteiger partial charge is 0.277 e. The Morgan fingerprint density at radius 3 is 2.50 bits per heavy atom. The van der Waals surface area contributed by atoms with Crippen LogP contribution >= 0.6 is 45.2 Å². The van der Waals surface area contributed by atoms with Gasteiger partial charge < -0.3 is 9.84 Å². The van der Waals surface area contributed by atoms with Crippen LogP contribution in [-0.2, 0) is 4.79 Å². The van der Waals surface area contributed by atoms with E-state index in [1.54, 1.807) is 24.3 Å². The van der Waals surface area contributed by atoms with Gasteiger partial charge in [-0.25, -0.2) is 5.43 Å². The summed E-state index contributed by atoms with van der Waals surface area (Å²) in [5.74, 6) is 0.534. The van der Waals surface area contributed by atoms with Crippen molar-refractivity contribution in [2.75, 3.05) is 6.61 Å². The van der Waals surface area contributed by atoms with Gasteiger partial charge in [0.25, 0.3) is 5.91 Å². The van der Waals surface area contributed by atoms with Crippen LogP contribution in [0.1, 0.15) is 5.56 Å². The van der Waals surface area contributed by atoms with E-state index in [-0.39, 0.29) is 18.3 Å². The highest BCUT2D eigenvalue weighted by molar-refractivity contribution is 14.1. The summed E-state index contributed by atoms with van der Waals surface area (Å²) in [5, 5.41) is 13.5. The molecule has 2 N–H and O–H groups in total. The zero-order chi connectivity index (χ0) is 15.9. The topological polar surface area (TPSA) is 70.9 Å². The Hall–Kier alpha value is -1.36. The molecule has 0 unspecified atom stereocenters. The lowest BCUT2D eigenvalue weighted by molar-refractivity contribution is -0.123. The first-order chi connectivity index (χ1) is 10.6. The number of halogens is 2. The van der Waals surface area contributed by atoms with E-state index in [0.29, 0.717) is 5.75 Å². The maximum absolute atomic E-state index is 11.6. The molecule has 2 aromatic carbocycles. The minimum atomic E-state index is -0.344. The minimum Gasteiger partial charge on any atom is -0.506 e. The average molecular weight is 522 g/mol. The van der Waals surface area contributed by atoms with Gasteiger partial charge in [-0.2, -0.15) is 5.10 Å². The van der Waals surface area contributed by atoms with E-state index >= 15 is 0 Å². The molecule has 0 spiro atoms. The number of carbonyl (C=O) groups excluding carboxylic acids is 1. The lowest BCUT2D eigenvalue weighted by atomic mass is 10.2. The van der Waals surface area contributed by atoms with Crippen molar-refractivity contribution < 1.29 is 14.6 Å². The van der Waals surface area contributed by atoms with Gasteiger partial charge in [-0.1, -0.05) is 18.2 Å². The van der Waals surface area contributed by atoms with Crippen molar-refractivity contribution in [2.24, 2.45) is 5.10 Å². The molecule has 5 nitrogen and oxygen atoms in total. The second-order valence-electron chi connectivity index (χ2n) is 4.23. The monoisotopic (exact) mass is 522 g/mol. The molecule has 0 bridgehead atoms. The molecule has 2 aromatic rings. The predicted molar refractivity (Wildman–Crippen MR) is 101 cm³/mol. The van der Waals surface area contributed by atoms with E-state index in [2.05, 4.69) is 10.5 Å². The third kappa shape index (κ3) is 5.13. The molecule has 0 radical (unpaired) electrons. The van der Waals surface area contributed by atoms with E-state index in [4.69, 9.17) is 4.74 Å². The number of rotatable bonds is 5. The number of nitrogens with zero attached hydrogens (tertiary/aromatic N) is 1. The highest BCUT2D eigenvalue weighted by Gasteiger charge is 2.05. The largest absolute Gasteiger partial charge is 0.506 e. The van der Waals surface area contributed by atoms with Crippen molar-refractivity contribution in [1.82, 2.24) is 5.43 Å². The number of aromatic hydroxyl groups is 1. The van der Waals surface area contributed by atoms with Gasteiger partial charge in [0, 0.05) is 0 Å². The van der Waals surface area contributed by atoms with Crippen molar-refractivity contribution in [2.45, 2.75) is 0 Å². The Morgan fingerprint density at radius 1 is 1.23 bits per heavy atom. The van der Waals surface area contributed by atoms with Crippen LogP contribution in [0.3, 0.4) is 0 Å². The van der Waals surface area contributed by atoms with E-state index in [1.807, 2.05) is 63.4 Å². The predicted octanol–water partition coefficient (Wildman–Crippen LogP) is 3.13. The highest BCUT2D eigenvalue weighted by Crippen LogP contribution is 2.26. The summed E-state index contributed by atoms with van der Waals surface area (Å²) in [6.45, 7) is -0.105. The second-order valence-corrected chi connectivity index (χ2v) is 6.55. The van der Waals surface area contributed by atoms with Gasteiger partial charge in [-0.05, 0) is 75.0 Å². The third-order valence-corrected chi connectivity index (χ3v) is 4.20. The molecule has 7 heteroatoms. The van der Waals surface area contributed by atoms with Gasteiger partial charge in [-0.3, -0.25) is 4.79 Å². The fourth-order valence-electron chi connectivity index (χ4n) is 1.54. The van der Waals surface area contributed by atoms with Crippen molar-refractivity contribution in [3.05, 3.63) is 55.2 Å². The SMILES string of the molecule is O=C(COc1ccccc1)N/N=C\c1cc(I)c(O)c(I)c1. The van der Waals surface area contributed by atoms with Gasteiger partial charge in [0.1, 0.15) is 11.5 Å².